The second-order valence-electron chi connectivity index (χ2n) is 4.27. The summed E-state index contributed by atoms with van der Waals surface area (Å²) in [7, 11) is 0. The molecule has 1 aromatic carbocycles. The summed E-state index contributed by atoms with van der Waals surface area (Å²) in [6, 6.07) is 12.5. The monoisotopic (exact) mass is 244 g/mol. The van der Waals surface area contributed by atoms with E-state index in [1.165, 1.54) is 11.1 Å². The fourth-order valence-corrected chi connectivity index (χ4v) is 2.36. The lowest BCUT2D eigenvalue weighted by molar-refractivity contribution is 0.721. The molecule has 2 aromatic rings. The maximum Gasteiger partial charge on any atom is 0.128 e. The van der Waals surface area contributed by atoms with E-state index in [0.717, 1.165) is 25.3 Å². The van der Waals surface area contributed by atoms with Gasteiger partial charge in [0.15, 0.2) is 0 Å². The van der Waals surface area contributed by atoms with Crippen LogP contribution in [-0.2, 0) is 13.0 Å². The molecule has 1 aliphatic rings. The van der Waals surface area contributed by atoms with Crippen molar-refractivity contribution in [3.8, 4) is 0 Å². The SMILES string of the molecule is Clc1ccc(N2CCc3ccccc3C2)nc1. The molecule has 0 unspecified atom stereocenters. The maximum absolute atomic E-state index is 5.85. The van der Waals surface area contributed by atoms with Crippen LogP contribution in [0.25, 0.3) is 0 Å². The van der Waals surface area contributed by atoms with Crippen molar-refractivity contribution in [3.05, 3.63) is 58.7 Å². The first-order chi connectivity index (χ1) is 8.33. The van der Waals surface area contributed by atoms with Gasteiger partial charge in [-0.2, -0.15) is 0 Å². The third kappa shape index (κ3) is 2.13. The Balaban J connectivity index is 1.86. The molecule has 2 heterocycles. The van der Waals surface area contributed by atoms with Crippen LogP contribution >= 0.6 is 11.6 Å². The summed E-state index contributed by atoms with van der Waals surface area (Å²) >= 11 is 5.85. The molecule has 0 saturated carbocycles. The van der Waals surface area contributed by atoms with E-state index in [1.54, 1.807) is 6.20 Å². The minimum Gasteiger partial charge on any atom is -0.352 e. The number of benzene rings is 1. The number of aromatic nitrogens is 1. The molecular weight excluding hydrogens is 232 g/mol. The van der Waals surface area contributed by atoms with Crippen LogP contribution in [0.15, 0.2) is 42.6 Å². The lowest BCUT2D eigenvalue weighted by Crippen LogP contribution is -2.30. The van der Waals surface area contributed by atoms with Crippen LogP contribution in [0.5, 0.6) is 0 Å². The number of fused-ring (bicyclic) bond motifs is 1. The highest BCUT2D eigenvalue weighted by molar-refractivity contribution is 6.30. The number of halogens is 1. The fourth-order valence-electron chi connectivity index (χ4n) is 2.25. The molecule has 1 aliphatic heterocycles. The fraction of sp³-hybridized carbons (Fsp3) is 0.214. The van der Waals surface area contributed by atoms with Gasteiger partial charge in [-0.3, -0.25) is 0 Å². The molecule has 0 aliphatic carbocycles. The van der Waals surface area contributed by atoms with Crippen LogP contribution < -0.4 is 4.90 Å². The van der Waals surface area contributed by atoms with Crippen molar-refractivity contribution in [2.45, 2.75) is 13.0 Å². The molecule has 86 valence electrons. The van der Waals surface area contributed by atoms with E-state index in [1.807, 2.05) is 12.1 Å². The molecule has 17 heavy (non-hydrogen) atoms. The summed E-state index contributed by atoms with van der Waals surface area (Å²) in [5, 5.41) is 0.686. The lowest BCUT2D eigenvalue weighted by Gasteiger charge is -2.29. The van der Waals surface area contributed by atoms with Gasteiger partial charge >= 0.3 is 0 Å². The maximum atomic E-state index is 5.85. The number of nitrogens with zero attached hydrogens (tertiary/aromatic N) is 2. The molecular formula is C14H13ClN2. The highest BCUT2D eigenvalue weighted by atomic mass is 35.5. The van der Waals surface area contributed by atoms with E-state index in [-0.39, 0.29) is 0 Å². The number of hydrogen-bond donors (Lipinski definition) is 0. The summed E-state index contributed by atoms with van der Waals surface area (Å²) in [6.45, 7) is 1.95. The first kappa shape index (κ1) is 10.6. The zero-order chi connectivity index (χ0) is 11.7. The molecule has 2 nitrogen and oxygen atoms in total. The molecule has 0 amide bonds. The zero-order valence-corrected chi connectivity index (χ0v) is 10.2. The van der Waals surface area contributed by atoms with Crippen LogP contribution in [0.3, 0.4) is 0 Å². The summed E-state index contributed by atoms with van der Waals surface area (Å²) < 4.78 is 0. The molecule has 0 radical (unpaired) electrons. The highest BCUT2D eigenvalue weighted by Gasteiger charge is 2.16. The smallest absolute Gasteiger partial charge is 0.128 e. The molecule has 3 rings (SSSR count). The van der Waals surface area contributed by atoms with Crippen LogP contribution in [0.4, 0.5) is 5.82 Å². The zero-order valence-electron chi connectivity index (χ0n) is 9.44. The third-order valence-electron chi connectivity index (χ3n) is 3.17. The number of pyridine rings is 1. The van der Waals surface area contributed by atoms with Gasteiger partial charge in [0, 0.05) is 19.3 Å². The Kier molecular flexibility index (Phi) is 2.73. The average Bonchev–Trinajstić information content (AvgIpc) is 2.39. The number of anilines is 1. The Morgan fingerprint density at radius 2 is 1.88 bits per heavy atom. The van der Waals surface area contributed by atoms with Gasteiger partial charge in [0.05, 0.1) is 5.02 Å². The van der Waals surface area contributed by atoms with Crippen molar-refractivity contribution in [3.63, 3.8) is 0 Å². The average molecular weight is 245 g/mol. The van der Waals surface area contributed by atoms with Crippen molar-refractivity contribution in [2.75, 3.05) is 11.4 Å². The molecule has 3 heteroatoms. The van der Waals surface area contributed by atoms with E-state index in [9.17, 15) is 0 Å². The normalized spacial score (nSPS) is 14.5. The largest absolute Gasteiger partial charge is 0.352 e. The van der Waals surface area contributed by atoms with E-state index >= 15 is 0 Å². The summed E-state index contributed by atoms with van der Waals surface area (Å²) in [5.74, 6) is 1.00. The Bertz CT molecular complexity index is 522. The topological polar surface area (TPSA) is 16.1 Å². The Morgan fingerprint density at radius 1 is 1.06 bits per heavy atom. The van der Waals surface area contributed by atoms with Crippen LogP contribution in [0, 0.1) is 0 Å². The molecule has 0 atom stereocenters. The van der Waals surface area contributed by atoms with Crippen molar-refractivity contribution in [1.82, 2.24) is 4.98 Å². The quantitative estimate of drug-likeness (QED) is 0.765. The van der Waals surface area contributed by atoms with Crippen molar-refractivity contribution in [1.29, 1.82) is 0 Å². The molecule has 0 saturated heterocycles. The van der Waals surface area contributed by atoms with Crippen LogP contribution in [0.1, 0.15) is 11.1 Å². The van der Waals surface area contributed by atoms with Gasteiger partial charge in [0.1, 0.15) is 5.82 Å². The molecule has 0 bridgehead atoms. The molecule has 0 spiro atoms. The Hall–Kier alpha value is -1.54. The summed E-state index contributed by atoms with van der Waals surface area (Å²) in [6.07, 6.45) is 2.79. The van der Waals surface area contributed by atoms with Gasteiger partial charge in [-0.25, -0.2) is 4.98 Å². The highest BCUT2D eigenvalue weighted by Crippen LogP contribution is 2.23. The van der Waals surface area contributed by atoms with E-state index in [4.69, 9.17) is 11.6 Å². The van der Waals surface area contributed by atoms with Gasteiger partial charge < -0.3 is 4.90 Å². The predicted octanol–water partition coefficient (Wildman–Crippen LogP) is 3.30. The Morgan fingerprint density at radius 3 is 2.65 bits per heavy atom. The van der Waals surface area contributed by atoms with Crippen LogP contribution in [-0.4, -0.2) is 11.5 Å². The molecule has 0 N–H and O–H groups in total. The standard InChI is InChI=1S/C14H13ClN2/c15-13-5-6-14(16-9-13)17-8-7-11-3-1-2-4-12(11)10-17/h1-6,9H,7-8,10H2. The summed E-state index contributed by atoms with van der Waals surface area (Å²) in [4.78, 5) is 6.66. The first-order valence-corrected chi connectivity index (χ1v) is 6.14. The van der Waals surface area contributed by atoms with Gasteiger partial charge in [-0.1, -0.05) is 35.9 Å². The summed E-state index contributed by atoms with van der Waals surface area (Å²) in [5.41, 5.74) is 2.85. The van der Waals surface area contributed by atoms with Gasteiger partial charge in [0.2, 0.25) is 0 Å². The Labute approximate surface area is 106 Å². The van der Waals surface area contributed by atoms with Crippen LogP contribution in [0.2, 0.25) is 5.02 Å². The van der Waals surface area contributed by atoms with E-state index < -0.39 is 0 Å². The first-order valence-electron chi connectivity index (χ1n) is 5.76. The van der Waals surface area contributed by atoms with E-state index in [0.29, 0.717) is 5.02 Å². The number of hydrogen-bond acceptors (Lipinski definition) is 2. The van der Waals surface area contributed by atoms with Gasteiger partial charge in [-0.15, -0.1) is 0 Å². The predicted molar refractivity (Wildman–Crippen MR) is 70.4 cm³/mol. The van der Waals surface area contributed by atoms with Gasteiger partial charge in [-0.05, 0) is 29.7 Å². The van der Waals surface area contributed by atoms with Gasteiger partial charge in [0.25, 0.3) is 0 Å². The third-order valence-corrected chi connectivity index (χ3v) is 3.39. The lowest BCUT2D eigenvalue weighted by atomic mass is 10.00. The minimum absolute atomic E-state index is 0.686. The second-order valence-corrected chi connectivity index (χ2v) is 4.71. The number of rotatable bonds is 1. The second kappa shape index (κ2) is 4.38. The van der Waals surface area contributed by atoms with Crippen molar-refractivity contribution in [2.24, 2.45) is 0 Å². The molecule has 0 fully saturated rings. The molecule has 1 aromatic heterocycles. The van der Waals surface area contributed by atoms with Crippen molar-refractivity contribution >= 4 is 17.4 Å². The van der Waals surface area contributed by atoms with E-state index in [2.05, 4.69) is 34.1 Å². The minimum atomic E-state index is 0.686. The van der Waals surface area contributed by atoms with Crippen molar-refractivity contribution < 1.29 is 0 Å².